The van der Waals surface area contributed by atoms with Gasteiger partial charge in [0.1, 0.15) is 0 Å². The predicted molar refractivity (Wildman–Crippen MR) is 107 cm³/mol. The minimum absolute atomic E-state index is 0.0810. The number of hydrogen-bond acceptors (Lipinski definition) is 3. The lowest BCUT2D eigenvalue weighted by molar-refractivity contribution is 0.0679. The van der Waals surface area contributed by atoms with Gasteiger partial charge in [-0.25, -0.2) is 8.42 Å². The molecule has 0 unspecified atom stereocenters. The van der Waals surface area contributed by atoms with Crippen LogP contribution in [0.2, 0.25) is 0 Å². The molecule has 1 aromatic carbocycles. The van der Waals surface area contributed by atoms with Crippen molar-refractivity contribution in [2.45, 2.75) is 69.2 Å². The molecule has 1 amide bonds. The molecule has 1 heterocycles. The fraction of sp³-hybridized carbons (Fsp3) is 0.667. The van der Waals surface area contributed by atoms with Crippen molar-refractivity contribution >= 4 is 15.9 Å². The van der Waals surface area contributed by atoms with Crippen LogP contribution in [-0.2, 0) is 10.0 Å². The number of benzene rings is 1. The van der Waals surface area contributed by atoms with Crippen molar-refractivity contribution in [2.24, 2.45) is 5.92 Å². The Morgan fingerprint density at radius 1 is 1.04 bits per heavy atom. The van der Waals surface area contributed by atoms with Crippen molar-refractivity contribution in [3.63, 3.8) is 0 Å². The molecule has 0 N–H and O–H groups in total. The van der Waals surface area contributed by atoms with Crippen LogP contribution in [0, 0.1) is 5.92 Å². The second kappa shape index (κ2) is 8.74. The SMILES string of the molecule is CC1CCC(N(C)C(=O)c2cccc(S(=O)(=O)N3CCCCCC3)c2)CC1. The third kappa shape index (κ3) is 4.72. The van der Waals surface area contributed by atoms with Crippen LogP contribution in [0.5, 0.6) is 0 Å². The van der Waals surface area contributed by atoms with E-state index in [9.17, 15) is 13.2 Å². The van der Waals surface area contributed by atoms with Gasteiger partial charge in [0.05, 0.1) is 4.90 Å². The molecule has 2 fully saturated rings. The molecule has 2 aliphatic rings. The molecule has 0 atom stereocenters. The van der Waals surface area contributed by atoms with Crippen molar-refractivity contribution in [1.29, 1.82) is 0 Å². The summed E-state index contributed by atoms with van der Waals surface area (Å²) < 4.78 is 27.6. The first-order chi connectivity index (χ1) is 12.9. The minimum Gasteiger partial charge on any atom is -0.339 e. The molecule has 27 heavy (non-hydrogen) atoms. The molecule has 6 heteroatoms. The van der Waals surface area contributed by atoms with Gasteiger partial charge in [-0.1, -0.05) is 25.8 Å². The standard InChI is InChI=1S/C21H32N2O3S/c1-17-10-12-19(13-11-17)22(2)21(24)18-8-7-9-20(16-18)27(25,26)23-14-5-3-4-6-15-23/h7-9,16-17,19H,3-6,10-15H2,1-2H3. The van der Waals surface area contributed by atoms with Crippen molar-refractivity contribution in [1.82, 2.24) is 9.21 Å². The van der Waals surface area contributed by atoms with E-state index in [1.807, 2.05) is 11.9 Å². The van der Waals surface area contributed by atoms with E-state index in [-0.39, 0.29) is 16.8 Å². The summed E-state index contributed by atoms with van der Waals surface area (Å²) in [4.78, 5) is 15.0. The summed E-state index contributed by atoms with van der Waals surface area (Å²) in [6, 6.07) is 6.84. The van der Waals surface area contributed by atoms with Gasteiger partial charge in [-0.3, -0.25) is 4.79 Å². The molecule has 0 spiro atoms. The largest absolute Gasteiger partial charge is 0.339 e. The Morgan fingerprint density at radius 2 is 1.67 bits per heavy atom. The second-order valence-electron chi connectivity index (χ2n) is 8.18. The van der Waals surface area contributed by atoms with E-state index in [1.54, 1.807) is 28.6 Å². The number of amides is 1. The van der Waals surface area contributed by atoms with E-state index >= 15 is 0 Å². The predicted octanol–water partition coefficient (Wildman–Crippen LogP) is 3.90. The van der Waals surface area contributed by atoms with Crippen molar-refractivity contribution in [2.75, 3.05) is 20.1 Å². The molecule has 1 aliphatic carbocycles. The van der Waals surface area contributed by atoms with E-state index in [2.05, 4.69) is 6.92 Å². The highest BCUT2D eigenvalue weighted by molar-refractivity contribution is 7.89. The molecule has 150 valence electrons. The third-order valence-corrected chi connectivity index (χ3v) is 8.03. The van der Waals surface area contributed by atoms with Gasteiger partial charge in [0.25, 0.3) is 5.91 Å². The zero-order chi connectivity index (χ0) is 19.4. The number of hydrogen-bond donors (Lipinski definition) is 0. The van der Waals surface area contributed by atoms with Gasteiger partial charge in [-0.05, 0) is 62.6 Å². The summed E-state index contributed by atoms with van der Waals surface area (Å²) in [7, 11) is -1.69. The summed E-state index contributed by atoms with van der Waals surface area (Å²) in [6.07, 6.45) is 8.30. The summed E-state index contributed by atoms with van der Waals surface area (Å²) in [6.45, 7) is 3.40. The zero-order valence-electron chi connectivity index (χ0n) is 16.6. The molecule has 0 aromatic heterocycles. The maximum Gasteiger partial charge on any atom is 0.253 e. The second-order valence-corrected chi connectivity index (χ2v) is 10.1. The van der Waals surface area contributed by atoms with Gasteiger partial charge in [-0.2, -0.15) is 4.31 Å². The van der Waals surface area contributed by atoms with Gasteiger partial charge < -0.3 is 4.90 Å². The smallest absolute Gasteiger partial charge is 0.253 e. The topological polar surface area (TPSA) is 57.7 Å². The van der Waals surface area contributed by atoms with E-state index in [4.69, 9.17) is 0 Å². The van der Waals surface area contributed by atoms with E-state index in [0.717, 1.165) is 57.3 Å². The Hall–Kier alpha value is -1.40. The van der Waals surface area contributed by atoms with E-state index in [1.165, 1.54) is 0 Å². The van der Waals surface area contributed by atoms with Crippen LogP contribution < -0.4 is 0 Å². The molecule has 5 nitrogen and oxygen atoms in total. The summed E-state index contributed by atoms with van der Waals surface area (Å²) >= 11 is 0. The van der Waals surface area contributed by atoms with Crippen LogP contribution in [0.15, 0.2) is 29.2 Å². The number of carbonyl (C=O) groups excluding carboxylic acids is 1. The molecule has 1 saturated carbocycles. The van der Waals surface area contributed by atoms with E-state index < -0.39 is 10.0 Å². The average Bonchev–Trinajstić information content (AvgIpc) is 2.97. The molecule has 1 aromatic rings. The van der Waals surface area contributed by atoms with Crippen LogP contribution in [0.4, 0.5) is 0 Å². The molecule has 0 radical (unpaired) electrons. The Bertz CT molecular complexity index is 746. The highest BCUT2D eigenvalue weighted by Crippen LogP contribution is 2.28. The first-order valence-electron chi connectivity index (χ1n) is 10.3. The van der Waals surface area contributed by atoms with Crippen molar-refractivity contribution < 1.29 is 13.2 Å². The Balaban J connectivity index is 1.77. The van der Waals surface area contributed by atoms with Crippen LogP contribution >= 0.6 is 0 Å². The van der Waals surface area contributed by atoms with Gasteiger partial charge in [0.15, 0.2) is 0 Å². The van der Waals surface area contributed by atoms with Gasteiger partial charge in [-0.15, -0.1) is 0 Å². The fourth-order valence-corrected chi connectivity index (χ4v) is 5.78. The maximum absolute atomic E-state index is 13.0. The molecule has 3 rings (SSSR count). The van der Waals surface area contributed by atoms with Crippen LogP contribution in [-0.4, -0.2) is 49.7 Å². The van der Waals surface area contributed by atoms with Crippen LogP contribution in [0.3, 0.4) is 0 Å². The normalized spacial score (nSPS) is 25.0. The molecule has 1 aliphatic heterocycles. The van der Waals surface area contributed by atoms with Crippen molar-refractivity contribution in [3.8, 4) is 0 Å². The Labute approximate surface area is 163 Å². The van der Waals surface area contributed by atoms with Gasteiger partial charge in [0.2, 0.25) is 10.0 Å². The van der Waals surface area contributed by atoms with Gasteiger partial charge >= 0.3 is 0 Å². The first kappa shape index (κ1) is 20.3. The molecular formula is C21H32N2O3S. The number of sulfonamides is 1. The monoisotopic (exact) mass is 392 g/mol. The average molecular weight is 393 g/mol. The lowest BCUT2D eigenvalue weighted by Crippen LogP contribution is -2.39. The van der Waals surface area contributed by atoms with Crippen LogP contribution in [0.25, 0.3) is 0 Å². The minimum atomic E-state index is -3.54. The molecule has 0 bridgehead atoms. The van der Waals surface area contributed by atoms with Crippen LogP contribution in [0.1, 0.15) is 68.6 Å². The Kier molecular flexibility index (Phi) is 6.58. The highest BCUT2D eigenvalue weighted by atomic mass is 32.2. The van der Waals surface area contributed by atoms with Gasteiger partial charge in [0, 0.05) is 31.7 Å². The first-order valence-corrected chi connectivity index (χ1v) is 11.7. The van der Waals surface area contributed by atoms with Crippen molar-refractivity contribution in [3.05, 3.63) is 29.8 Å². The molecule has 1 saturated heterocycles. The lowest BCUT2D eigenvalue weighted by atomic mass is 9.86. The maximum atomic E-state index is 13.0. The highest BCUT2D eigenvalue weighted by Gasteiger charge is 2.28. The fourth-order valence-electron chi connectivity index (χ4n) is 4.22. The third-order valence-electron chi connectivity index (χ3n) is 6.14. The van der Waals surface area contributed by atoms with E-state index in [0.29, 0.717) is 18.7 Å². The summed E-state index contributed by atoms with van der Waals surface area (Å²) in [5, 5.41) is 0. The molecular weight excluding hydrogens is 360 g/mol. The number of carbonyl (C=O) groups is 1. The quantitative estimate of drug-likeness (QED) is 0.781. The number of nitrogens with zero attached hydrogens (tertiary/aromatic N) is 2. The summed E-state index contributed by atoms with van der Waals surface area (Å²) in [5.41, 5.74) is 0.465. The Morgan fingerprint density at radius 3 is 2.30 bits per heavy atom. The number of rotatable bonds is 4. The lowest BCUT2D eigenvalue weighted by Gasteiger charge is -2.33. The summed E-state index contributed by atoms with van der Waals surface area (Å²) in [5.74, 6) is 0.648. The zero-order valence-corrected chi connectivity index (χ0v) is 17.4.